The van der Waals surface area contributed by atoms with Crippen molar-refractivity contribution in [1.29, 1.82) is 0 Å². The van der Waals surface area contributed by atoms with E-state index >= 15 is 0 Å². The molecule has 0 aromatic heterocycles. The van der Waals surface area contributed by atoms with Crippen molar-refractivity contribution in [2.45, 2.75) is 24.0 Å². The van der Waals surface area contributed by atoms with Crippen LogP contribution in [0.3, 0.4) is 0 Å². The normalized spacial score (nSPS) is 12.8. The van der Waals surface area contributed by atoms with Crippen LogP contribution in [0.15, 0.2) is 47.4 Å². The molecule has 2 rings (SSSR count). The first-order valence-corrected chi connectivity index (χ1v) is 6.84. The maximum atomic E-state index is 11.2. The summed E-state index contributed by atoms with van der Waals surface area (Å²) in [6.45, 7) is 3.87. The summed E-state index contributed by atoms with van der Waals surface area (Å²) in [5.74, 6) is -0.637. The van der Waals surface area contributed by atoms with Gasteiger partial charge in [0, 0.05) is 4.90 Å². The summed E-state index contributed by atoms with van der Waals surface area (Å²) >= 11 is 1.42. The van der Waals surface area contributed by atoms with E-state index in [0.717, 1.165) is 10.3 Å². The average molecular weight is 260 g/mol. The Hall–Kier alpha value is -1.48. The molecule has 0 radical (unpaired) electrons. The Morgan fingerprint density at radius 3 is 2.39 bits per heavy atom. The van der Waals surface area contributed by atoms with E-state index in [4.69, 9.17) is 0 Å². The van der Waals surface area contributed by atoms with Gasteiger partial charge in [0.15, 0.2) is 0 Å². The fourth-order valence-electron chi connectivity index (χ4n) is 1.86. The average Bonchev–Trinajstić information content (AvgIpc) is 2.35. The van der Waals surface area contributed by atoms with Crippen molar-refractivity contribution >= 4 is 28.5 Å². The van der Waals surface area contributed by atoms with Crippen molar-refractivity contribution in [2.24, 2.45) is 5.92 Å². The van der Waals surface area contributed by atoms with E-state index in [1.54, 1.807) is 0 Å². The van der Waals surface area contributed by atoms with Crippen LogP contribution in [-0.2, 0) is 4.79 Å². The highest BCUT2D eigenvalue weighted by molar-refractivity contribution is 8.00. The van der Waals surface area contributed by atoms with E-state index in [-0.39, 0.29) is 5.92 Å². The van der Waals surface area contributed by atoms with Gasteiger partial charge in [-0.2, -0.15) is 0 Å². The van der Waals surface area contributed by atoms with Gasteiger partial charge in [0.1, 0.15) is 5.25 Å². The minimum absolute atomic E-state index is 0.110. The molecule has 94 valence electrons. The molecule has 18 heavy (non-hydrogen) atoms. The van der Waals surface area contributed by atoms with Gasteiger partial charge in [-0.25, -0.2) is 0 Å². The third-order valence-corrected chi connectivity index (χ3v) is 4.36. The number of hydrogen-bond donors (Lipinski definition) is 1. The lowest BCUT2D eigenvalue weighted by Gasteiger charge is -2.15. The van der Waals surface area contributed by atoms with E-state index in [1.807, 2.05) is 44.2 Å². The van der Waals surface area contributed by atoms with Gasteiger partial charge in [0.05, 0.1) is 0 Å². The molecule has 0 fully saturated rings. The molecular formula is C15H16O2S. The predicted molar refractivity (Wildman–Crippen MR) is 76.1 cm³/mol. The number of fused-ring (bicyclic) bond motifs is 1. The molecule has 0 saturated carbocycles. The Bertz CT molecular complexity index is 563. The van der Waals surface area contributed by atoms with Crippen LogP contribution < -0.4 is 0 Å². The van der Waals surface area contributed by atoms with Gasteiger partial charge in [0.2, 0.25) is 0 Å². The second kappa shape index (κ2) is 5.44. The molecule has 0 saturated heterocycles. The van der Waals surface area contributed by atoms with E-state index in [2.05, 4.69) is 12.1 Å². The zero-order valence-corrected chi connectivity index (χ0v) is 11.3. The van der Waals surface area contributed by atoms with Crippen molar-refractivity contribution in [3.63, 3.8) is 0 Å². The molecule has 0 heterocycles. The van der Waals surface area contributed by atoms with Gasteiger partial charge in [-0.1, -0.05) is 44.2 Å². The standard InChI is InChI=1S/C15H16O2S/c1-10(2)14(15(16)17)18-13-8-7-11-5-3-4-6-12(11)9-13/h3-10,14H,1-2H3,(H,16,17). The highest BCUT2D eigenvalue weighted by atomic mass is 32.2. The summed E-state index contributed by atoms with van der Waals surface area (Å²) in [6, 6.07) is 14.2. The van der Waals surface area contributed by atoms with E-state index in [1.165, 1.54) is 17.1 Å². The van der Waals surface area contributed by atoms with E-state index in [0.29, 0.717) is 0 Å². The number of carboxylic acids is 1. The molecule has 0 aliphatic carbocycles. The summed E-state index contributed by atoms with van der Waals surface area (Å²) in [5, 5.41) is 11.1. The zero-order chi connectivity index (χ0) is 13.1. The maximum absolute atomic E-state index is 11.2. The predicted octanol–water partition coefficient (Wildman–Crippen LogP) is 4.04. The molecule has 2 aromatic carbocycles. The lowest BCUT2D eigenvalue weighted by Crippen LogP contribution is -2.22. The summed E-state index contributed by atoms with van der Waals surface area (Å²) in [4.78, 5) is 12.2. The number of carboxylic acid groups (broad SMARTS) is 1. The number of benzene rings is 2. The van der Waals surface area contributed by atoms with Gasteiger partial charge in [-0.15, -0.1) is 11.8 Å². The summed E-state index contributed by atoms with van der Waals surface area (Å²) in [5.41, 5.74) is 0. The molecule has 0 aliphatic heterocycles. The van der Waals surface area contributed by atoms with Gasteiger partial charge in [-0.05, 0) is 28.8 Å². The maximum Gasteiger partial charge on any atom is 0.317 e. The third kappa shape index (κ3) is 2.85. The number of aliphatic carboxylic acids is 1. The highest BCUT2D eigenvalue weighted by Gasteiger charge is 2.22. The first kappa shape index (κ1) is 13.0. The molecule has 1 N–H and O–H groups in total. The molecule has 2 aromatic rings. The van der Waals surface area contributed by atoms with Gasteiger partial charge >= 0.3 is 5.97 Å². The molecule has 1 atom stereocenters. The smallest absolute Gasteiger partial charge is 0.317 e. The summed E-state index contributed by atoms with van der Waals surface area (Å²) in [7, 11) is 0. The first-order chi connectivity index (χ1) is 8.58. The van der Waals surface area contributed by atoms with Gasteiger partial charge in [0.25, 0.3) is 0 Å². The van der Waals surface area contributed by atoms with Crippen LogP contribution in [0.25, 0.3) is 10.8 Å². The molecule has 2 nitrogen and oxygen atoms in total. The Morgan fingerprint density at radius 1 is 1.11 bits per heavy atom. The monoisotopic (exact) mass is 260 g/mol. The minimum atomic E-state index is -0.747. The number of hydrogen-bond acceptors (Lipinski definition) is 2. The summed E-state index contributed by atoms with van der Waals surface area (Å²) in [6.07, 6.45) is 0. The number of thioether (sulfide) groups is 1. The second-order valence-electron chi connectivity index (χ2n) is 4.63. The second-order valence-corrected chi connectivity index (χ2v) is 5.84. The van der Waals surface area contributed by atoms with Gasteiger partial charge < -0.3 is 5.11 Å². The van der Waals surface area contributed by atoms with Crippen LogP contribution in [-0.4, -0.2) is 16.3 Å². The van der Waals surface area contributed by atoms with Crippen LogP contribution >= 0.6 is 11.8 Å². The van der Waals surface area contributed by atoms with Crippen molar-refractivity contribution < 1.29 is 9.90 Å². The van der Waals surface area contributed by atoms with Crippen LogP contribution in [0.2, 0.25) is 0 Å². The zero-order valence-electron chi connectivity index (χ0n) is 10.5. The number of carbonyl (C=O) groups is 1. The molecular weight excluding hydrogens is 244 g/mol. The Labute approximate surface area is 111 Å². The highest BCUT2D eigenvalue weighted by Crippen LogP contribution is 2.30. The topological polar surface area (TPSA) is 37.3 Å². The summed E-state index contributed by atoms with van der Waals surface area (Å²) < 4.78 is 0. The molecule has 3 heteroatoms. The molecule has 1 unspecified atom stereocenters. The van der Waals surface area contributed by atoms with E-state index < -0.39 is 11.2 Å². The molecule has 0 bridgehead atoms. The lowest BCUT2D eigenvalue weighted by molar-refractivity contribution is -0.137. The first-order valence-electron chi connectivity index (χ1n) is 5.96. The molecule has 0 spiro atoms. The quantitative estimate of drug-likeness (QED) is 0.843. The van der Waals surface area contributed by atoms with Crippen LogP contribution in [0.4, 0.5) is 0 Å². The van der Waals surface area contributed by atoms with Crippen molar-refractivity contribution in [1.82, 2.24) is 0 Å². The van der Waals surface area contributed by atoms with Gasteiger partial charge in [-0.3, -0.25) is 4.79 Å². The minimum Gasteiger partial charge on any atom is -0.480 e. The van der Waals surface area contributed by atoms with Crippen molar-refractivity contribution in [2.75, 3.05) is 0 Å². The van der Waals surface area contributed by atoms with Crippen LogP contribution in [0.1, 0.15) is 13.8 Å². The van der Waals surface area contributed by atoms with Crippen molar-refractivity contribution in [3.05, 3.63) is 42.5 Å². The third-order valence-electron chi connectivity index (χ3n) is 2.83. The molecule has 0 aliphatic rings. The fourth-order valence-corrected chi connectivity index (χ4v) is 2.87. The molecule has 0 amide bonds. The lowest BCUT2D eigenvalue weighted by atomic mass is 10.1. The Balaban J connectivity index is 2.28. The van der Waals surface area contributed by atoms with Crippen molar-refractivity contribution in [3.8, 4) is 0 Å². The Kier molecular flexibility index (Phi) is 3.92. The fraction of sp³-hybridized carbons (Fsp3) is 0.267. The largest absolute Gasteiger partial charge is 0.480 e. The Morgan fingerprint density at radius 2 is 1.78 bits per heavy atom. The number of rotatable bonds is 4. The van der Waals surface area contributed by atoms with E-state index in [9.17, 15) is 9.90 Å². The van der Waals surface area contributed by atoms with Crippen LogP contribution in [0.5, 0.6) is 0 Å². The van der Waals surface area contributed by atoms with Crippen LogP contribution in [0, 0.1) is 5.92 Å². The SMILES string of the molecule is CC(C)C(Sc1ccc2ccccc2c1)C(=O)O.